The summed E-state index contributed by atoms with van der Waals surface area (Å²) >= 11 is 0. The second-order valence-corrected chi connectivity index (χ2v) is 5.97. The number of nitrogens with two attached hydrogens (primary N) is 1. The number of hydrogen-bond acceptors (Lipinski definition) is 5. The zero-order chi connectivity index (χ0) is 16.3. The highest BCUT2D eigenvalue weighted by molar-refractivity contribution is 5.93. The Morgan fingerprint density at radius 2 is 2.05 bits per heavy atom. The van der Waals surface area contributed by atoms with Gasteiger partial charge in [0.25, 0.3) is 0 Å². The molecule has 124 valence electrons. The average molecular weight is 312 g/mol. The van der Waals surface area contributed by atoms with Crippen molar-refractivity contribution in [2.24, 2.45) is 5.73 Å². The zero-order valence-corrected chi connectivity index (χ0v) is 12.7. The Morgan fingerprint density at radius 1 is 1.32 bits per heavy atom. The third kappa shape index (κ3) is 3.56. The first-order valence-corrected chi connectivity index (χ1v) is 7.73. The van der Waals surface area contributed by atoms with Gasteiger partial charge in [0.15, 0.2) is 0 Å². The topological polar surface area (TPSA) is 125 Å². The number of nitrogens with one attached hydrogen (secondary N) is 2. The van der Waals surface area contributed by atoms with E-state index in [1.165, 1.54) is 6.92 Å². The van der Waals surface area contributed by atoms with Crippen molar-refractivity contribution in [3.05, 3.63) is 0 Å². The van der Waals surface area contributed by atoms with Crippen LogP contribution in [0.5, 0.6) is 0 Å². The lowest BCUT2D eigenvalue weighted by Crippen LogP contribution is -2.57. The molecule has 0 aromatic heterocycles. The van der Waals surface area contributed by atoms with E-state index in [-0.39, 0.29) is 11.9 Å². The fourth-order valence-corrected chi connectivity index (χ4v) is 3.08. The number of primary amides is 1. The number of nitrogens with zero attached hydrogens (tertiary/aromatic N) is 1. The van der Waals surface area contributed by atoms with Gasteiger partial charge >= 0.3 is 0 Å². The lowest BCUT2D eigenvalue weighted by Gasteiger charge is -2.28. The molecule has 8 heteroatoms. The molecule has 0 unspecified atom stereocenters. The quantitative estimate of drug-likeness (QED) is 0.471. The van der Waals surface area contributed by atoms with Crippen LogP contribution in [0.3, 0.4) is 0 Å². The van der Waals surface area contributed by atoms with Gasteiger partial charge in [0, 0.05) is 6.54 Å². The first kappa shape index (κ1) is 16.7. The molecular formula is C14H24N4O4. The molecule has 2 aliphatic heterocycles. The van der Waals surface area contributed by atoms with Crippen molar-refractivity contribution in [1.29, 1.82) is 0 Å². The summed E-state index contributed by atoms with van der Waals surface area (Å²) in [4.78, 5) is 37.6. The normalized spacial score (nSPS) is 27.5. The lowest BCUT2D eigenvalue weighted by molar-refractivity contribution is -0.141. The summed E-state index contributed by atoms with van der Waals surface area (Å²) in [6.07, 6.45) is 1.94. The maximum Gasteiger partial charge on any atom is 0.243 e. The Kier molecular flexibility index (Phi) is 5.36. The van der Waals surface area contributed by atoms with Crippen LogP contribution in [0.4, 0.5) is 0 Å². The Bertz CT molecular complexity index is 448. The van der Waals surface area contributed by atoms with E-state index in [1.54, 1.807) is 4.90 Å². The first-order valence-electron chi connectivity index (χ1n) is 7.73. The third-order valence-corrected chi connectivity index (χ3v) is 4.28. The molecule has 3 amide bonds. The SMILES string of the molecule is C[C@@H](O)[C@H](NC(=O)[C@H]1CCCN1C(=O)[C@@H]1CCCN1)C(N)=O. The van der Waals surface area contributed by atoms with E-state index in [9.17, 15) is 19.5 Å². The molecule has 0 aromatic rings. The van der Waals surface area contributed by atoms with Crippen LogP contribution in [0.25, 0.3) is 0 Å². The fourth-order valence-electron chi connectivity index (χ4n) is 3.08. The highest BCUT2D eigenvalue weighted by Gasteiger charge is 2.39. The molecule has 2 aliphatic rings. The molecule has 5 N–H and O–H groups in total. The molecular weight excluding hydrogens is 288 g/mol. The van der Waals surface area contributed by atoms with Crippen LogP contribution >= 0.6 is 0 Å². The number of amides is 3. The van der Waals surface area contributed by atoms with Gasteiger partial charge in [0.05, 0.1) is 12.1 Å². The number of carbonyl (C=O) groups excluding carboxylic acids is 3. The predicted octanol–water partition coefficient (Wildman–Crippen LogP) is -1.92. The highest BCUT2D eigenvalue weighted by Crippen LogP contribution is 2.21. The van der Waals surface area contributed by atoms with Gasteiger partial charge in [0.2, 0.25) is 17.7 Å². The highest BCUT2D eigenvalue weighted by atomic mass is 16.3. The van der Waals surface area contributed by atoms with Crippen LogP contribution < -0.4 is 16.4 Å². The minimum atomic E-state index is -1.14. The smallest absolute Gasteiger partial charge is 0.243 e. The molecule has 4 atom stereocenters. The van der Waals surface area contributed by atoms with E-state index >= 15 is 0 Å². The van der Waals surface area contributed by atoms with E-state index in [0.29, 0.717) is 13.0 Å². The van der Waals surface area contributed by atoms with E-state index in [0.717, 1.165) is 25.8 Å². The molecule has 2 fully saturated rings. The maximum absolute atomic E-state index is 12.5. The molecule has 0 aliphatic carbocycles. The molecule has 2 rings (SSSR count). The van der Waals surface area contributed by atoms with Gasteiger partial charge < -0.3 is 26.4 Å². The second kappa shape index (κ2) is 7.06. The second-order valence-electron chi connectivity index (χ2n) is 5.97. The Morgan fingerprint density at radius 3 is 2.59 bits per heavy atom. The molecule has 0 spiro atoms. The van der Waals surface area contributed by atoms with Crippen LogP contribution in [0.2, 0.25) is 0 Å². The van der Waals surface area contributed by atoms with Crippen LogP contribution in [0.1, 0.15) is 32.6 Å². The van der Waals surface area contributed by atoms with Gasteiger partial charge in [-0.15, -0.1) is 0 Å². The minimum absolute atomic E-state index is 0.0668. The van der Waals surface area contributed by atoms with Crippen LogP contribution in [-0.4, -0.2) is 65.0 Å². The largest absolute Gasteiger partial charge is 0.391 e. The van der Waals surface area contributed by atoms with Crippen molar-refractivity contribution in [3.63, 3.8) is 0 Å². The van der Waals surface area contributed by atoms with Crippen molar-refractivity contribution in [2.75, 3.05) is 13.1 Å². The van der Waals surface area contributed by atoms with Gasteiger partial charge in [-0.2, -0.15) is 0 Å². The monoisotopic (exact) mass is 312 g/mol. The molecule has 2 saturated heterocycles. The average Bonchev–Trinajstić information content (AvgIpc) is 3.13. The summed E-state index contributed by atoms with van der Waals surface area (Å²) in [6, 6.07) is -1.97. The summed E-state index contributed by atoms with van der Waals surface area (Å²) in [5.41, 5.74) is 5.17. The van der Waals surface area contributed by atoms with Crippen molar-refractivity contribution < 1.29 is 19.5 Å². The Hall–Kier alpha value is -1.67. The molecule has 0 saturated carbocycles. The molecule has 2 heterocycles. The molecule has 0 aromatic carbocycles. The molecule has 22 heavy (non-hydrogen) atoms. The van der Waals surface area contributed by atoms with Gasteiger partial charge in [-0.05, 0) is 39.2 Å². The summed E-state index contributed by atoms with van der Waals surface area (Å²) in [6.45, 7) is 2.73. The number of rotatable bonds is 5. The molecule has 0 bridgehead atoms. The Balaban J connectivity index is 2.01. The molecule has 0 radical (unpaired) electrons. The van der Waals surface area contributed by atoms with Crippen molar-refractivity contribution in [2.45, 2.75) is 56.8 Å². The standard InChI is InChI=1S/C14H24N4O4/c1-8(19)11(12(15)20)17-13(21)10-5-3-7-18(10)14(22)9-4-2-6-16-9/h8-11,16,19H,2-7H2,1H3,(H2,15,20)(H,17,21)/t8-,9+,10-,11+/m1/s1. The maximum atomic E-state index is 12.5. The zero-order valence-electron chi connectivity index (χ0n) is 12.7. The number of aliphatic hydroxyl groups is 1. The van der Waals surface area contributed by atoms with Gasteiger partial charge in [-0.25, -0.2) is 0 Å². The molecule has 8 nitrogen and oxygen atoms in total. The number of likely N-dealkylation sites (tertiary alicyclic amines) is 1. The number of carbonyl (C=O) groups is 3. The Labute approximate surface area is 129 Å². The summed E-state index contributed by atoms with van der Waals surface area (Å²) in [5.74, 6) is -1.30. The number of hydrogen-bond donors (Lipinski definition) is 4. The van der Waals surface area contributed by atoms with Gasteiger partial charge in [-0.1, -0.05) is 0 Å². The van der Waals surface area contributed by atoms with E-state index in [2.05, 4.69) is 10.6 Å². The summed E-state index contributed by atoms with van der Waals surface area (Å²) < 4.78 is 0. The summed E-state index contributed by atoms with van der Waals surface area (Å²) in [5, 5.41) is 15.1. The fraction of sp³-hybridized carbons (Fsp3) is 0.786. The number of aliphatic hydroxyl groups excluding tert-OH is 1. The van der Waals surface area contributed by atoms with Crippen molar-refractivity contribution in [3.8, 4) is 0 Å². The third-order valence-electron chi connectivity index (χ3n) is 4.28. The van der Waals surface area contributed by atoms with Crippen LogP contribution in [0.15, 0.2) is 0 Å². The van der Waals surface area contributed by atoms with Crippen LogP contribution in [0, 0.1) is 0 Å². The summed E-state index contributed by atoms with van der Waals surface area (Å²) in [7, 11) is 0. The van der Waals surface area contributed by atoms with Crippen LogP contribution in [-0.2, 0) is 14.4 Å². The van der Waals surface area contributed by atoms with E-state index in [1.807, 2.05) is 0 Å². The van der Waals surface area contributed by atoms with Crippen molar-refractivity contribution in [1.82, 2.24) is 15.5 Å². The minimum Gasteiger partial charge on any atom is -0.391 e. The first-order chi connectivity index (χ1) is 10.4. The predicted molar refractivity (Wildman–Crippen MR) is 78.6 cm³/mol. The van der Waals surface area contributed by atoms with Gasteiger partial charge in [-0.3, -0.25) is 14.4 Å². The van der Waals surface area contributed by atoms with Crippen molar-refractivity contribution >= 4 is 17.7 Å². The lowest BCUT2D eigenvalue weighted by atomic mass is 10.1. The van der Waals surface area contributed by atoms with E-state index in [4.69, 9.17) is 5.73 Å². The van der Waals surface area contributed by atoms with E-state index < -0.39 is 30.0 Å². The van der Waals surface area contributed by atoms with Gasteiger partial charge in [0.1, 0.15) is 12.1 Å².